The van der Waals surface area contributed by atoms with Gasteiger partial charge in [0.05, 0.1) is 26.0 Å². The lowest BCUT2D eigenvalue weighted by Gasteiger charge is -2.13. The van der Waals surface area contributed by atoms with Crippen molar-refractivity contribution in [2.45, 2.75) is 13.0 Å². The number of halogens is 1. The number of amides is 1. The molecule has 2 aromatic carbocycles. The maximum absolute atomic E-state index is 13.9. The molecule has 0 aliphatic carbocycles. The van der Waals surface area contributed by atoms with Crippen molar-refractivity contribution in [3.63, 3.8) is 0 Å². The van der Waals surface area contributed by atoms with Gasteiger partial charge in [0.15, 0.2) is 6.61 Å². The molecular weight excluding hydrogens is 397 g/mol. The number of hydrogen-bond donors (Lipinski definition) is 1. The minimum absolute atomic E-state index is 0.125. The fourth-order valence-corrected chi connectivity index (χ4v) is 4.77. The average Bonchev–Trinajstić information content (AvgIpc) is 3.30. The zero-order valence-electron chi connectivity index (χ0n) is 14.7. The SMILES string of the molecule is Cc1nc2c(cc(OCC(=O)NC(C#N)c3ccccc3F)c3ccsc32)s1. The Kier molecular flexibility index (Phi) is 4.94. The lowest BCUT2D eigenvalue weighted by Crippen LogP contribution is -2.32. The first-order chi connectivity index (χ1) is 13.6. The molecular formula is C20H14FN3O2S2. The first-order valence-corrected chi connectivity index (χ1v) is 10.1. The van der Waals surface area contributed by atoms with E-state index in [9.17, 15) is 14.4 Å². The Morgan fingerprint density at radius 3 is 3.00 bits per heavy atom. The van der Waals surface area contributed by atoms with Gasteiger partial charge in [-0.15, -0.1) is 22.7 Å². The van der Waals surface area contributed by atoms with E-state index < -0.39 is 17.8 Å². The van der Waals surface area contributed by atoms with Gasteiger partial charge in [-0.3, -0.25) is 4.79 Å². The highest BCUT2D eigenvalue weighted by molar-refractivity contribution is 7.21. The summed E-state index contributed by atoms with van der Waals surface area (Å²) < 4.78 is 21.6. The zero-order valence-corrected chi connectivity index (χ0v) is 16.4. The molecule has 4 rings (SSSR count). The second-order valence-electron chi connectivity index (χ2n) is 6.06. The molecule has 0 spiro atoms. The fraction of sp³-hybridized carbons (Fsp3) is 0.150. The van der Waals surface area contributed by atoms with Crippen LogP contribution in [0.1, 0.15) is 16.6 Å². The van der Waals surface area contributed by atoms with Crippen molar-refractivity contribution >= 4 is 48.9 Å². The molecule has 0 fully saturated rings. The molecule has 2 heterocycles. The molecule has 1 unspecified atom stereocenters. The summed E-state index contributed by atoms with van der Waals surface area (Å²) in [4.78, 5) is 16.9. The number of aryl methyl sites for hydroxylation is 1. The molecule has 4 aromatic rings. The first-order valence-electron chi connectivity index (χ1n) is 8.40. The lowest BCUT2D eigenvalue weighted by atomic mass is 10.1. The number of thiophene rings is 1. The summed E-state index contributed by atoms with van der Waals surface area (Å²) in [5, 5.41) is 15.6. The number of carbonyl (C=O) groups excluding carboxylic acids is 1. The topological polar surface area (TPSA) is 75.0 Å². The molecule has 0 aliphatic rings. The number of nitriles is 1. The largest absolute Gasteiger partial charge is 0.483 e. The Balaban J connectivity index is 1.52. The van der Waals surface area contributed by atoms with Crippen LogP contribution in [0, 0.1) is 24.1 Å². The summed E-state index contributed by atoms with van der Waals surface area (Å²) in [6.45, 7) is 1.67. The van der Waals surface area contributed by atoms with Gasteiger partial charge >= 0.3 is 0 Å². The quantitative estimate of drug-likeness (QED) is 0.516. The van der Waals surface area contributed by atoms with Crippen LogP contribution in [-0.4, -0.2) is 17.5 Å². The molecule has 0 radical (unpaired) electrons. The van der Waals surface area contributed by atoms with E-state index >= 15 is 0 Å². The number of rotatable bonds is 5. The monoisotopic (exact) mass is 411 g/mol. The van der Waals surface area contributed by atoms with Crippen molar-refractivity contribution in [3.05, 3.63) is 58.2 Å². The van der Waals surface area contributed by atoms with Crippen LogP contribution in [0.3, 0.4) is 0 Å². The molecule has 1 N–H and O–H groups in total. The summed E-state index contributed by atoms with van der Waals surface area (Å²) in [6.07, 6.45) is 0. The van der Waals surface area contributed by atoms with E-state index in [1.54, 1.807) is 28.7 Å². The number of nitrogens with one attached hydrogen (secondary N) is 1. The number of nitrogens with zero attached hydrogens (tertiary/aromatic N) is 2. The molecule has 140 valence electrons. The Bertz CT molecular complexity index is 1230. The number of fused-ring (bicyclic) bond motifs is 3. The molecule has 1 atom stereocenters. The standard InChI is InChI=1S/C20H14FN3O2S2/c1-11-23-19-17(28-11)8-16(13-6-7-27-20(13)19)26-10-18(25)24-15(9-22)12-4-2-3-5-14(12)21/h2-8,15H,10H2,1H3,(H,24,25). The van der Waals surface area contributed by atoms with Crippen LogP contribution in [0.5, 0.6) is 5.75 Å². The summed E-state index contributed by atoms with van der Waals surface area (Å²) in [5.74, 6) is -0.456. The van der Waals surface area contributed by atoms with Gasteiger partial charge in [-0.05, 0) is 24.4 Å². The number of hydrogen-bond acceptors (Lipinski definition) is 6. The number of aromatic nitrogens is 1. The average molecular weight is 411 g/mol. The minimum Gasteiger partial charge on any atom is -0.483 e. The van der Waals surface area contributed by atoms with E-state index in [-0.39, 0.29) is 12.2 Å². The van der Waals surface area contributed by atoms with E-state index in [1.165, 1.54) is 18.2 Å². The molecule has 0 saturated carbocycles. The summed E-state index contributed by atoms with van der Waals surface area (Å²) in [6, 6.07) is 10.5. The third kappa shape index (κ3) is 3.42. The van der Waals surface area contributed by atoms with Crippen molar-refractivity contribution in [1.82, 2.24) is 10.3 Å². The highest BCUT2D eigenvalue weighted by Crippen LogP contribution is 2.38. The zero-order chi connectivity index (χ0) is 19.7. The van der Waals surface area contributed by atoms with E-state index in [0.29, 0.717) is 5.75 Å². The van der Waals surface area contributed by atoms with Crippen molar-refractivity contribution < 1.29 is 13.9 Å². The predicted molar refractivity (Wildman–Crippen MR) is 108 cm³/mol. The number of ether oxygens (including phenoxy) is 1. The van der Waals surface area contributed by atoms with Crippen LogP contribution in [0.2, 0.25) is 0 Å². The van der Waals surface area contributed by atoms with Crippen molar-refractivity contribution in [3.8, 4) is 11.8 Å². The van der Waals surface area contributed by atoms with E-state index in [1.807, 2.05) is 30.5 Å². The molecule has 5 nitrogen and oxygen atoms in total. The van der Waals surface area contributed by atoms with E-state index in [2.05, 4.69) is 10.3 Å². The summed E-state index contributed by atoms with van der Waals surface area (Å²) in [5.41, 5.74) is 1.06. The molecule has 28 heavy (non-hydrogen) atoms. The van der Waals surface area contributed by atoms with Gasteiger partial charge in [0.2, 0.25) is 0 Å². The van der Waals surface area contributed by atoms with E-state index in [0.717, 1.165) is 25.3 Å². The Labute approximate surface area is 168 Å². The van der Waals surface area contributed by atoms with Gasteiger partial charge in [-0.1, -0.05) is 18.2 Å². The number of thiazole rings is 1. The van der Waals surface area contributed by atoms with Gasteiger partial charge in [-0.2, -0.15) is 5.26 Å². The van der Waals surface area contributed by atoms with Gasteiger partial charge in [0.25, 0.3) is 5.91 Å². The second-order valence-corrected chi connectivity index (χ2v) is 8.21. The van der Waals surface area contributed by atoms with Gasteiger partial charge < -0.3 is 10.1 Å². The minimum atomic E-state index is -1.08. The Morgan fingerprint density at radius 2 is 2.21 bits per heavy atom. The van der Waals surface area contributed by atoms with E-state index in [4.69, 9.17) is 4.74 Å². The molecule has 2 aromatic heterocycles. The number of carbonyl (C=O) groups is 1. The van der Waals surface area contributed by atoms with Crippen LogP contribution >= 0.6 is 22.7 Å². The summed E-state index contributed by atoms with van der Waals surface area (Å²) >= 11 is 3.13. The molecule has 0 aliphatic heterocycles. The van der Waals surface area contributed by atoms with Gasteiger partial charge in [-0.25, -0.2) is 9.37 Å². The lowest BCUT2D eigenvalue weighted by molar-refractivity contribution is -0.123. The molecule has 1 amide bonds. The smallest absolute Gasteiger partial charge is 0.259 e. The normalized spacial score (nSPS) is 12.0. The second kappa shape index (κ2) is 7.54. The van der Waals surface area contributed by atoms with Crippen molar-refractivity contribution in [2.75, 3.05) is 6.61 Å². The van der Waals surface area contributed by atoms with Crippen molar-refractivity contribution in [1.29, 1.82) is 5.26 Å². The summed E-state index contributed by atoms with van der Waals surface area (Å²) in [7, 11) is 0. The third-order valence-electron chi connectivity index (χ3n) is 4.18. The fourth-order valence-electron chi connectivity index (χ4n) is 2.94. The van der Waals surface area contributed by atoms with Crippen molar-refractivity contribution in [2.24, 2.45) is 0 Å². The Morgan fingerprint density at radius 1 is 1.39 bits per heavy atom. The highest BCUT2D eigenvalue weighted by atomic mass is 32.1. The molecule has 0 saturated heterocycles. The molecule has 8 heteroatoms. The van der Waals surface area contributed by atoms with Crippen LogP contribution in [0.15, 0.2) is 41.8 Å². The number of benzene rings is 2. The third-order valence-corrected chi connectivity index (χ3v) is 6.02. The molecule has 0 bridgehead atoms. The maximum Gasteiger partial charge on any atom is 0.259 e. The van der Waals surface area contributed by atoms with Gasteiger partial charge in [0, 0.05) is 17.0 Å². The predicted octanol–water partition coefficient (Wildman–Crippen LogP) is 4.72. The highest BCUT2D eigenvalue weighted by Gasteiger charge is 2.18. The maximum atomic E-state index is 13.9. The van der Waals surface area contributed by atoms with Crippen LogP contribution < -0.4 is 10.1 Å². The first kappa shape index (κ1) is 18.3. The van der Waals surface area contributed by atoms with Crippen LogP contribution in [0.25, 0.3) is 20.3 Å². The Hall–Kier alpha value is -3.02. The van der Waals surface area contributed by atoms with Crippen LogP contribution in [-0.2, 0) is 4.79 Å². The van der Waals surface area contributed by atoms with Crippen LogP contribution in [0.4, 0.5) is 4.39 Å². The van der Waals surface area contributed by atoms with Gasteiger partial charge in [0.1, 0.15) is 17.6 Å².